The second kappa shape index (κ2) is 11.3. The SMILES string of the molecule is COc1cc(CNC(=S)NC(=O)c2ccccc2OC)ccc1OCCC(C)C. The van der Waals surface area contributed by atoms with E-state index in [1.807, 2.05) is 18.2 Å². The molecule has 0 aromatic heterocycles. The molecule has 2 aromatic rings. The number of benzene rings is 2. The Morgan fingerprint density at radius 1 is 1.03 bits per heavy atom. The maximum atomic E-state index is 12.4. The average molecular weight is 417 g/mol. The van der Waals surface area contributed by atoms with Gasteiger partial charge in [0.1, 0.15) is 5.75 Å². The predicted octanol–water partition coefficient (Wildman–Crippen LogP) is 3.93. The van der Waals surface area contributed by atoms with Crippen molar-refractivity contribution in [3.05, 3.63) is 53.6 Å². The summed E-state index contributed by atoms with van der Waals surface area (Å²) in [4.78, 5) is 12.4. The summed E-state index contributed by atoms with van der Waals surface area (Å²) < 4.78 is 16.4. The lowest BCUT2D eigenvalue weighted by Gasteiger charge is -2.14. The van der Waals surface area contributed by atoms with Gasteiger partial charge in [-0.2, -0.15) is 0 Å². The summed E-state index contributed by atoms with van der Waals surface area (Å²) in [5, 5.41) is 5.93. The molecule has 2 N–H and O–H groups in total. The van der Waals surface area contributed by atoms with E-state index in [0.717, 1.165) is 12.0 Å². The van der Waals surface area contributed by atoms with Crippen LogP contribution in [-0.4, -0.2) is 31.8 Å². The molecule has 0 bridgehead atoms. The second-order valence-electron chi connectivity index (χ2n) is 6.85. The van der Waals surface area contributed by atoms with Crippen LogP contribution in [0.2, 0.25) is 0 Å². The highest BCUT2D eigenvalue weighted by molar-refractivity contribution is 7.80. The molecular formula is C22H28N2O4S. The zero-order valence-electron chi connectivity index (χ0n) is 17.3. The van der Waals surface area contributed by atoms with E-state index in [1.54, 1.807) is 31.4 Å². The van der Waals surface area contributed by atoms with Gasteiger partial charge in [0.15, 0.2) is 16.6 Å². The Bertz CT molecular complexity index is 839. The molecule has 0 atom stereocenters. The van der Waals surface area contributed by atoms with Crippen molar-refractivity contribution in [2.75, 3.05) is 20.8 Å². The predicted molar refractivity (Wildman–Crippen MR) is 118 cm³/mol. The maximum Gasteiger partial charge on any atom is 0.261 e. The first-order valence-electron chi connectivity index (χ1n) is 9.46. The van der Waals surface area contributed by atoms with Crippen LogP contribution in [0.25, 0.3) is 0 Å². The largest absolute Gasteiger partial charge is 0.496 e. The normalized spacial score (nSPS) is 10.4. The number of para-hydroxylation sites is 1. The van der Waals surface area contributed by atoms with Gasteiger partial charge in [-0.15, -0.1) is 0 Å². The highest BCUT2D eigenvalue weighted by Crippen LogP contribution is 2.28. The summed E-state index contributed by atoms with van der Waals surface area (Å²) >= 11 is 5.24. The van der Waals surface area contributed by atoms with Gasteiger partial charge < -0.3 is 19.5 Å². The molecule has 0 saturated carbocycles. The average Bonchev–Trinajstić information content (AvgIpc) is 2.72. The summed E-state index contributed by atoms with van der Waals surface area (Å²) in [6, 6.07) is 12.7. The van der Waals surface area contributed by atoms with E-state index < -0.39 is 0 Å². The Labute approximate surface area is 177 Å². The Balaban J connectivity index is 1.91. The molecule has 0 radical (unpaired) electrons. The molecule has 0 fully saturated rings. The number of thiocarbonyl (C=S) groups is 1. The van der Waals surface area contributed by atoms with Crippen LogP contribution in [0.5, 0.6) is 17.2 Å². The number of nitrogens with one attached hydrogen (secondary N) is 2. The highest BCUT2D eigenvalue weighted by atomic mass is 32.1. The number of rotatable bonds is 9. The lowest BCUT2D eigenvalue weighted by molar-refractivity contribution is 0.0973. The van der Waals surface area contributed by atoms with Crippen LogP contribution in [0.1, 0.15) is 36.2 Å². The van der Waals surface area contributed by atoms with Crippen LogP contribution in [-0.2, 0) is 6.54 Å². The Kier molecular flexibility index (Phi) is 8.73. The quantitative estimate of drug-likeness (QED) is 0.604. The van der Waals surface area contributed by atoms with Crippen molar-refractivity contribution in [2.24, 2.45) is 5.92 Å². The molecule has 7 heteroatoms. The zero-order chi connectivity index (χ0) is 21.2. The first-order chi connectivity index (χ1) is 13.9. The van der Waals surface area contributed by atoms with Gasteiger partial charge in [-0.05, 0) is 54.4 Å². The molecule has 2 aromatic carbocycles. The Hall–Kier alpha value is -2.80. The number of methoxy groups -OCH3 is 2. The number of ether oxygens (including phenoxy) is 3. The lowest BCUT2D eigenvalue weighted by Crippen LogP contribution is -2.39. The van der Waals surface area contributed by atoms with E-state index >= 15 is 0 Å². The van der Waals surface area contributed by atoms with Gasteiger partial charge in [0.2, 0.25) is 0 Å². The summed E-state index contributed by atoms with van der Waals surface area (Å²) in [7, 11) is 3.13. The molecule has 156 valence electrons. The molecule has 0 unspecified atom stereocenters. The van der Waals surface area contributed by atoms with Gasteiger partial charge in [-0.3, -0.25) is 10.1 Å². The topological polar surface area (TPSA) is 68.8 Å². The molecule has 29 heavy (non-hydrogen) atoms. The van der Waals surface area contributed by atoms with E-state index in [1.165, 1.54) is 7.11 Å². The zero-order valence-corrected chi connectivity index (χ0v) is 18.1. The first kappa shape index (κ1) is 22.5. The van der Waals surface area contributed by atoms with Gasteiger partial charge in [0.05, 0.1) is 26.4 Å². The molecule has 0 aliphatic carbocycles. The van der Waals surface area contributed by atoms with Gasteiger partial charge in [-0.25, -0.2) is 0 Å². The van der Waals surface area contributed by atoms with Crippen molar-refractivity contribution in [1.82, 2.24) is 10.6 Å². The molecule has 0 aliphatic heterocycles. The number of carbonyl (C=O) groups excluding carboxylic acids is 1. The van der Waals surface area contributed by atoms with Crippen molar-refractivity contribution in [2.45, 2.75) is 26.8 Å². The molecule has 1 amide bonds. The first-order valence-corrected chi connectivity index (χ1v) is 9.87. The van der Waals surface area contributed by atoms with Crippen LogP contribution >= 0.6 is 12.2 Å². The molecule has 0 heterocycles. The molecule has 6 nitrogen and oxygen atoms in total. The number of carbonyl (C=O) groups is 1. The van der Waals surface area contributed by atoms with Crippen LogP contribution in [0.3, 0.4) is 0 Å². The Morgan fingerprint density at radius 2 is 1.76 bits per heavy atom. The third kappa shape index (κ3) is 6.94. The van der Waals surface area contributed by atoms with E-state index in [0.29, 0.717) is 41.9 Å². The van der Waals surface area contributed by atoms with Crippen molar-refractivity contribution in [3.63, 3.8) is 0 Å². The van der Waals surface area contributed by atoms with E-state index in [4.69, 9.17) is 26.4 Å². The molecule has 2 rings (SSSR count). The molecule has 0 aliphatic rings. The minimum absolute atomic E-state index is 0.233. The van der Waals surface area contributed by atoms with Crippen LogP contribution in [0, 0.1) is 5.92 Å². The fourth-order valence-electron chi connectivity index (χ4n) is 2.57. The van der Waals surface area contributed by atoms with E-state index in [2.05, 4.69) is 24.5 Å². The number of hydrogen-bond donors (Lipinski definition) is 2. The van der Waals surface area contributed by atoms with Crippen molar-refractivity contribution in [1.29, 1.82) is 0 Å². The standard InChI is InChI=1S/C22H28N2O4S/c1-15(2)11-12-28-19-10-9-16(13-20(19)27-4)14-23-22(29)24-21(25)17-7-5-6-8-18(17)26-3/h5-10,13,15H,11-12,14H2,1-4H3,(H2,23,24,25,29). The molecular weight excluding hydrogens is 388 g/mol. The number of amides is 1. The van der Waals surface area contributed by atoms with Gasteiger partial charge >= 0.3 is 0 Å². The van der Waals surface area contributed by atoms with E-state index in [-0.39, 0.29) is 11.0 Å². The summed E-state index contributed by atoms with van der Waals surface area (Å²) in [5.41, 5.74) is 1.37. The monoisotopic (exact) mass is 416 g/mol. The van der Waals surface area contributed by atoms with Crippen LogP contribution in [0.15, 0.2) is 42.5 Å². The minimum atomic E-state index is -0.327. The van der Waals surface area contributed by atoms with Gasteiger partial charge in [0.25, 0.3) is 5.91 Å². The highest BCUT2D eigenvalue weighted by Gasteiger charge is 2.13. The fourth-order valence-corrected chi connectivity index (χ4v) is 2.74. The van der Waals surface area contributed by atoms with E-state index in [9.17, 15) is 4.79 Å². The fraction of sp³-hybridized carbons (Fsp3) is 0.364. The smallest absolute Gasteiger partial charge is 0.261 e. The summed E-state index contributed by atoms with van der Waals surface area (Å²) in [6.07, 6.45) is 0.979. The number of hydrogen-bond acceptors (Lipinski definition) is 5. The van der Waals surface area contributed by atoms with Gasteiger partial charge in [0, 0.05) is 6.54 Å². The van der Waals surface area contributed by atoms with Gasteiger partial charge in [-0.1, -0.05) is 32.0 Å². The third-order valence-corrected chi connectivity index (χ3v) is 4.46. The van der Waals surface area contributed by atoms with Crippen molar-refractivity contribution < 1.29 is 19.0 Å². The van der Waals surface area contributed by atoms with Crippen LogP contribution in [0.4, 0.5) is 0 Å². The summed E-state index contributed by atoms with van der Waals surface area (Å²) in [5.74, 6) is 2.12. The van der Waals surface area contributed by atoms with Crippen molar-refractivity contribution >= 4 is 23.2 Å². The minimum Gasteiger partial charge on any atom is -0.496 e. The third-order valence-electron chi connectivity index (χ3n) is 4.21. The van der Waals surface area contributed by atoms with Crippen molar-refractivity contribution in [3.8, 4) is 17.2 Å². The Morgan fingerprint density at radius 3 is 2.45 bits per heavy atom. The lowest BCUT2D eigenvalue weighted by atomic mass is 10.1. The maximum absolute atomic E-state index is 12.4. The second-order valence-corrected chi connectivity index (χ2v) is 7.26. The molecule has 0 spiro atoms. The van der Waals surface area contributed by atoms with Crippen LogP contribution < -0.4 is 24.8 Å². The summed E-state index contributed by atoms with van der Waals surface area (Å²) in [6.45, 7) is 5.40. The molecule has 0 saturated heterocycles.